The highest BCUT2D eigenvalue weighted by Crippen LogP contribution is 2.41. The van der Waals surface area contributed by atoms with Crippen molar-refractivity contribution in [2.75, 3.05) is 13.1 Å². The molecule has 0 radical (unpaired) electrons. The van der Waals surface area contributed by atoms with Gasteiger partial charge >= 0.3 is 0 Å². The van der Waals surface area contributed by atoms with E-state index >= 15 is 0 Å². The summed E-state index contributed by atoms with van der Waals surface area (Å²) in [5, 5.41) is 9.28. The van der Waals surface area contributed by atoms with Gasteiger partial charge in [0, 0.05) is 13.1 Å². The highest BCUT2D eigenvalue weighted by molar-refractivity contribution is 5.74. The summed E-state index contributed by atoms with van der Waals surface area (Å²) in [5.41, 5.74) is 3.70. The third-order valence-electron chi connectivity index (χ3n) is 7.25. The molecule has 1 saturated heterocycles. The molecule has 0 spiro atoms. The summed E-state index contributed by atoms with van der Waals surface area (Å²) in [6, 6.07) is 19.6. The quantitative estimate of drug-likeness (QED) is 0.576. The number of likely N-dealkylation sites (tertiary alicyclic amines) is 1. The van der Waals surface area contributed by atoms with Gasteiger partial charge in [0.25, 0.3) is 0 Å². The first-order valence-electron chi connectivity index (χ1n) is 11.5. The largest absolute Gasteiger partial charge is 0.279 e. The number of nitrogens with zero attached hydrogens (tertiary/aromatic N) is 4. The summed E-state index contributed by atoms with van der Waals surface area (Å²) in [7, 11) is 0. The molecule has 0 N–H and O–H groups in total. The van der Waals surface area contributed by atoms with Crippen molar-refractivity contribution in [1.82, 2.24) is 19.9 Å². The first kappa shape index (κ1) is 18.8. The normalized spacial score (nSPS) is 21.7. The zero-order valence-electron chi connectivity index (χ0n) is 17.3. The molecule has 2 aromatic carbocycles. The minimum absolute atomic E-state index is 0.0157. The molecular formula is C25H32N4. The summed E-state index contributed by atoms with van der Waals surface area (Å²) in [4.78, 5) is 2.76. The average Bonchev–Trinajstić information content (AvgIpc) is 3.20. The minimum Gasteiger partial charge on any atom is -0.279 e. The van der Waals surface area contributed by atoms with E-state index in [-0.39, 0.29) is 5.66 Å². The molecule has 1 aromatic heterocycles. The Morgan fingerprint density at radius 2 is 1.41 bits per heavy atom. The van der Waals surface area contributed by atoms with E-state index in [1.807, 2.05) is 0 Å². The monoisotopic (exact) mass is 388 g/mol. The fraction of sp³-hybridized carbons (Fsp3) is 0.520. The summed E-state index contributed by atoms with van der Waals surface area (Å²) in [6.07, 6.45) is 11.5. The van der Waals surface area contributed by atoms with E-state index in [1.165, 1.54) is 68.9 Å². The van der Waals surface area contributed by atoms with E-state index < -0.39 is 0 Å². The molecule has 152 valence electrons. The Morgan fingerprint density at radius 1 is 0.759 bits per heavy atom. The van der Waals surface area contributed by atoms with Gasteiger partial charge in [-0.15, -0.1) is 5.10 Å². The maximum Gasteiger partial charge on any atom is 0.117 e. The number of fused-ring (bicyclic) bond motifs is 1. The average molecular weight is 389 g/mol. The highest BCUT2D eigenvalue weighted by Gasteiger charge is 2.42. The van der Waals surface area contributed by atoms with Crippen LogP contribution in [0.15, 0.2) is 54.6 Å². The number of rotatable bonds is 3. The van der Waals surface area contributed by atoms with Gasteiger partial charge in [0.15, 0.2) is 0 Å². The van der Waals surface area contributed by atoms with Crippen LogP contribution < -0.4 is 0 Å². The van der Waals surface area contributed by atoms with Crippen LogP contribution in [0.3, 0.4) is 0 Å². The van der Waals surface area contributed by atoms with E-state index in [9.17, 15) is 0 Å². The predicted octanol–water partition coefficient (Wildman–Crippen LogP) is 5.71. The fourth-order valence-electron chi connectivity index (χ4n) is 5.66. The SMILES string of the molecule is c1ccc(C2CCN(C3(n4nnc5ccccc54)CCCCCCC3)CC2)cc1. The second kappa shape index (κ2) is 8.27. The molecule has 0 unspecified atom stereocenters. The first-order valence-corrected chi connectivity index (χ1v) is 11.5. The van der Waals surface area contributed by atoms with Gasteiger partial charge in [0.1, 0.15) is 11.2 Å². The smallest absolute Gasteiger partial charge is 0.117 e. The Bertz CT molecular complexity index is 916. The topological polar surface area (TPSA) is 34.0 Å². The van der Waals surface area contributed by atoms with Crippen LogP contribution in [0.4, 0.5) is 0 Å². The second-order valence-electron chi connectivity index (χ2n) is 8.91. The molecular weight excluding hydrogens is 356 g/mol. The fourth-order valence-corrected chi connectivity index (χ4v) is 5.66. The molecule has 0 amide bonds. The third-order valence-corrected chi connectivity index (χ3v) is 7.25. The Balaban J connectivity index is 1.46. The van der Waals surface area contributed by atoms with Crippen molar-refractivity contribution in [3.8, 4) is 0 Å². The third kappa shape index (κ3) is 3.59. The standard InChI is InChI=1S/C25H32N4/c1-2-9-17-25(18-10-3-1,29-24-14-8-7-13-23(24)26-27-29)28-19-15-22(16-20-28)21-11-5-4-6-12-21/h4-8,11-14,22H,1-3,9-10,15-20H2. The lowest BCUT2D eigenvalue weighted by molar-refractivity contribution is -0.0318. The molecule has 4 nitrogen and oxygen atoms in total. The Kier molecular flexibility index (Phi) is 5.36. The molecule has 0 bridgehead atoms. The van der Waals surface area contributed by atoms with Gasteiger partial charge in [-0.3, -0.25) is 4.90 Å². The van der Waals surface area contributed by atoms with E-state index in [0.29, 0.717) is 5.92 Å². The van der Waals surface area contributed by atoms with Crippen molar-refractivity contribution in [3.63, 3.8) is 0 Å². The van der Waals surface area contributed by atoms with Crippen molar-refractivity contribution in [2.45, 2.75) is 69.4 Å². The zero-order chi connectivity index (χ0) is 19.5. The lowest BCUT2D eigenvalue weighted by atomic mass is 9.84. The van der Waals surface area contributed by atoms with Crippen molar-refractivity contribution in [2.24, 2.45) is 0 Å². The van der Waals surface area contributed by atoms with Crippen molar-refractivity contribution >= 4 is 11.0 Å². The van der Waals surface area contributed by atoms with E-state index in [0.717, 1.165) is 18.6 Å². The predicted molar refractivity (Wildman–Crippen MR) is 118 cm³/mol. The zero-order valence-corrected chi connectivity index (χ0v) is 17.3. The van der Waals surface area contributed by atoms with Crippen LogP contribution in [0.25, 0.3) is 11.0 Å². The van der Waals surface area contributed by atoms with Crippen LogP contribution in [0.2, 0.25) is 0 Å². The summed E-state index contributed by atoms with van der Waals surface area (Å²) >= 11 is 0. The molecule has 5 rings (SSSR count). The van der Waals surface area contributed by atoms with Gasteiger partial charge in [-0.25, -0.2) is 4.68 Å². The lowest BCUT2D eigenvalue weighted by Gasteiger charge is -2.48. The molecule has 2 aliphatic rings. The van der Waals surface area contributed by atoms with Gasteiger partial charge in [0.05, 0.1) is 5.52 Å². The van der Waals surface area contributed by atoms with Crippen LogP contribution in [0, 0.1) is 0 Å². The minimum atomic E-state index is -0.0157. The highest BCUT2D eigenvalue weighted by atomic mass is 15.5. The van der Waals surface area contributed by atoms with Crippen LogP contribution in [0.1, 0.15) is 69.3 Å². The van der Waals surface area contributed by atoms with Gasteiger partial charge in [-0.2, -0.15) is 0 Å². The molecule has 1 saturated carbocycles. The molecule has 1 aliphatic carbocycles. The Morgan fingerprint density at radius 3 is 2.17 bits per heavy atom. The maximum atomic E-state index is 4.74. The van der Waals surface area contributed by atoms with Crippen LogP contribution in [0.5, 0.6) is 0 Å². The Hall–Kier alpha value is -2.20. The molecule has 3 aromatic rings. The van der Waals surface area contributed by atoms with E-state index in [4.69, 9.17) is 5.21 Å². The summed E-state index contributed by atoms with van der Waals surface area (Å²) in [6.45, 7) is 2.29. The van der Waals surface area contributed by atoms with Gasteiger partial charge in [0.2, 0.25) is 0 Å². The number of aromatic nitrogens is 3. The first-order chi connectivity index (χ1) is 14.4. The van der Waals surface area contributed by atoms with Gasteiger partial charge < -0.3 is 0 Å². The number of hydrogen-bond donors (Lipinski definition) is 0. The van der Waals surface area contributed by atoms with E-state index in [2.05, 4.69) is 69.3 Å². The van der Waals surface area contributed by atoms with E-state index in [1.54, 1.807) is 0 Å². The van der Waals surface area contributed by atoms with Crippen molar-refractivity contribution < 1.29 is 0 Å². The molecule has 4 heteroatoms. The Labute approximate surface area is 173 Å². The van der Waals surface area contributed by atoms with Crippen molar-refractivity contribution in [1.29, 1.82) is 0 Å². The molecule has 29 heavy (non-hydrogen) atoms. The number of hydrogen-bond acceptors (Lipinski definition) is 3. The molecule has 1 aliphatic heterocycles. The maximum absolute atomic E-state index is 4.74. The number of benzene rings is 2. The molecule has 2 fully saturated rings. The van der Waals surface area contributed by atoms with Crippen LogP contribution in [-0.4, -0.2) is 33.0 Å². The van der Waals surface area contributed by atoms with Gasteiger partial charge in [-0.05, 0) is 62.1 Å². The van der Waals surface area contributed by atoms with Crippen LogP contribution >= 0.6 is 0 Å². The summed E-state index contributed by atoms with van der Waals surface area (Å²) < 4.78 is 2.30. The van der Waals surface area contributed by atoms with Crippen LogP contribution in [-0.2, 0) is 5.66 Å². The summed E-state index contributed by atoms with van der Waals surface area (Å²) in [5.74, 6) is 0.686. The van der Waals surface area contributed by atoms with Crippen molar-refractivity contribution in [3.05, 3.63) is 60.2 Å². The number of para-hydroxylation sites is 1. The second-order valence-corrected chi connectivity index (χ2v) is 8.91. The molecule has 0 atom stereocenters. The lowest BCUT2D eigenvalue weighted by Crippen LogP contribution is -2.54. The van der Waals surface area contributed by atoms with Gasteiger partial charge in [-0.1, -0.05) is 66.9 Å². The molecule has 2 heterocycles. The number of piperidine rings is 1.